The molecule has 4 fully saturated rings. The van der Waals surface area contributed by atoms with Crippen LogP contribution in [0.5, 0.6) is 0 Å². The van der Waals surface area contributed by atoms with E-state index in [4.69, 9.17) is 29.4 Å². The summed E-state index contributed by atoms with van der Waals surface area (Å²) in [7, 11) is 4.68. The summed E-state index contributed by atoms with van der Waals surface area (Å²) in [4.78, 5) is 73.7. The number of hydrogen-bond acceptors (Lipinski definition) is 13. The molecular weight excluding hydrogens is 869 g/mol. The fourth-order valence-corrected chi connectivity index (χ4v) is 12.0. The first-order valence-corrected chi connectivity index (χ1v) is 25.4. The molecule has 382 valence electrons. The number of nitrogens with zero attached hydrogens (tertiary/aromatic N) is 1. The average molecular weight is 953 g/mol. The zero-order valence-electron chi connectivity index (χ0n) is 42.7. The zero-order chi connectivity index (χ0) is 50.1. The van der Waals surface area contributed by atoms with Gasteiger partial charge in [0.2, 0.25) is 5.79 Å². The van der Waals surface area contributed by atoms with Crippen molar-refractivity contribution in [2.75, 3.05) is 41.0 Å². The minimum Gasteiger partial charge on any atom is -0.386 e. The summed E-state index contributed by atoms with van der Waals surface area (Å²) in [6, 6.07) is 0. The Labute approximate surface area is 405 Å². The molecule has 5 aliphatic rings. The lowest BCUT2D eigenvalue weighted by Crippen LogP contribution is -2.61. The number of hydrogen-bond donors (Lipinski definition) is 3. The predicted octanol–water partition coefficient (Wildman–Crippen LogP) is 6.44. The van der Waals surface area contributed by atoms with Crippen molar-refractivity contribution >= 4 is 29.0 Å². The van der Waals surface area contributed by atoms with Crippen LogP contribution in [0.1, 0.15) is 126 Å². The molecule has 0 aromatic rings. The molecule has 16 atom stereocenters. The molecule has 0 aromatic carbocycles. The van der Waals surface area contributed by atoms with Crippen LogP contribution in [-0.4, -0.2) is 133 Å². The smallest absolute Gasteiger partial charge is 0.296 e. The normalized spacial score (nSPS) is 41.0. The molecule has 3 aliphatic heterocycles. The molecule has 68 heavy (non-hydrogen) atoms. The first kappa shape index (κ1) is 55.7. The van der Waals surface area contributed by atoms with Crippen LogP contribution in [0.15, 0.2) is 47.6 Å². The van der Waals surface area contributed by atoms with Crippen molar-refractivity contribution in [2.24, 2.45) is 53.1 Å². The number of fused-ring (bicyclic) bond motifs is 2. The van der Waals surface area contributed by atoms with Gasteiger partial charge in [0.05, 0.1) is 36.9 Å². The highest BCUT2D eigenvalue weighted by Gasteiger charge is 2.73. The monoisotopic (exact) mass is 953 g/mol. The number of ketones is 4. The van der Waals surface area contributed by atoms with Gasteiger partial charge in [-0.25, -0.2) is 0 Å². The third kappa shape index (κ3) is 12.6. The number of aliphatic hydroxyl groups is 2. The van der Waals surface area contributed by atoms with Crippen LogP contribution < -0.4 is 5.73 Å². The third-order valence-corrected chi connectivity index (χ3v) is 16.2. The van der Waals surface area contributed by atoms with E-state index in [0.717, 1.165) is 24.8 Å². The second kappa shape index (κ2) is 24.8. The van der Waals surface area contributed by atoms with Crippen LogP contribution in [0.25, 0.3) is 0 Å². The van der Waals surface area contributed by atoms with Gasteiger partial charge in [-0.15, -0.1) is 0 Å². The molecule has 2 bridgehead atoms. The number of nitrogens with two attached hydrogens (primary N) is 1. The van der Waals surface area contributed by atoms with Crippen molar-refractivity contribution in [3.05, 3.63) is 47.6 Å². The van der Waals surface area contributed by atoms with E-state index in [1.54, 1.807) is 41.1 Å². The maximum atomic E-state index is 14.7. The Balaban J connectivity index is 1.52. The lowest BCUT2D eigenvalue weighted by molar-refractivity contribution is -0.265. The minimum atomic E-state index is -2.41. The van der Waals surface area contributed by atoms with Gasteiger partial charge in [0.1, 0.15) is 23.5 Å². The Morgan fingerprint density at radius 1 is 0.882 bits per heavy atom. The molecule has 2 aliphatic carbocycles. The SMILES string of the molecule is CO[C@H]1CC2CC[C@@H](C)[C@@](O)(O2)C(=O)C(=O)N2CCCC[C@@]23C(=O)C3[C@H]([C@H](C)C[C@@H]2CC[C@@H](OCCN)[C@H](OC)C2)CC(=O)[C@H](C)/C=C(\C)[C@@H](O)[C@@H](OC)C(=O)[C@@H](C)C[C@H](C)/C=C/C=C/C=C1C. The summed E-state index contributed by atoms with van der Waals surface area (Å²) in [5.41, 5.74) is 5.75. The van der Waals surface area contributed by atoms with Crippen LogP contribution in [0.3, 0.4) is 0 Å². The molecule has 14 nitrogen and oxygen atoms in total. The van der Waals surface area contributed by atoms with Crippen LogP contribution >= 0.6 is 0 Å². The molecular formula is C54H84N2O12. The molecule has 0 radical (unpaired) electrons. The summed E-state index contributed by atoms with van der Waals surface area (Å²) in [5.74, 6) is -7.91. The summed E-state index contributed by atoms with van der Waals surface area (Å²) >= 11 is 0. The van der Waals surface area contributed by atoms with E-state index in [1.807, 2.05) is 51.2 Å². The van der Waals surface area contributed by atoms with E-state index in [2.05, 4.69) is 6.92 Å². The lowest BCUT2D eigenvalue weighted by atomic mass is 9.73. The van der Waals surface area contributed by atoms with E-state index in [0.29, 0.717) is 70.1 Å². The summed E-state index contributed by atoms with van der Waals surface area (Å²) in [6.07, 6.45) is 14.2. The largest absolute Gasteiger partial charge is 0.386 e. The quantitative estimate of drug-likeness (QED) is 0.169. The van der Waals surface area contributed by atoms with E-state index in [9.17, 15) is 34.2 Å². The molecule has 0 aromatic heterocycles. The third-order valence-electron chi connectivity index (χ3n) is 16.2. The van der Waals surface area contributed by atoms with Gasteiger partial charge in [0.15, 0.2) is 11.6 Å². The summed E-state index contributed by atoms with van der Waals surface area (Å²) < 4.78 is 29.7. The highest BCUT2D eigenvalue weighted by atomic mass is 16.6. The second-order valence-corrected chi connectivity index (χ2v) is 21.1. The van der Waals surface area contributed by atoms with Gasteiger partial charge in [0, 0.05) is 65.0 Å². The molecule has 5 rings (SSSR count). The molecule has 14 heteroatoms. The molecule has 3 heterocycles. The van der Waals surface area contributed by atoms with Gasteiger partial charge in [-0.1, -0.05) is 71.1 Å². The first-order valence-electron chi connectivity index (χ1n) is 25.4. The standard InChI is InChI=1S/C54H84N2O12/c1-32-16-12-11-13-17-33(2)44(64-8)30-40-20-18-38(7)54(63,68-40)51(61)52(62)56-24-15-14-22-53(56)46(50(53)60)41(34(3)28-39-19-21-43(67-25-23-55)45(29-39)65-9)31-42(57)35(4)27-37(6)48(59)49(66-10)47(58)36(5)26-32/h11-13,16-17,27,32,34-36,38-41,43-46,48-49,59,63H,14-15,18-26,28-31,55H2,1-10H3/b13-11+,16-12+,33-17?,37-27+/t32-,34-,35-,36+,38-,39+,40?,41+,43-,44+,45-,46?,48-,49+,53-,54-/m1/s1. The Kier molecular flexibility index (Phi) is 20.3. The second-order valence-electron chi connectivity index (χ2n) is 21.1. The number of carbonyl (C=O) groups excluding carboxylic acids is 5. The zero-order valence-corrected chi connectivity index (χ0v) is 42.7. The number of piperidine rings is 1. The number of Topliss-reactive ketones (excluding diaryl/α,β-unsaturated/α-hetero) is 4. The van der Waals surface area contributed by atoms with Gasteiger partial charge in [-0.05, 0) is 113 Å². The van der Waals surface area contributed by atoms with E-state index < -0.39 is 77.0 Å². The van der Waals surface area contributed by atoms with Gasteiger partial charge in [-0.3, -0.25) is 24.0 Å². The molecule has 2 unspecified atom stereocenters. The number of aliphatic hydroxyl groups excluding tert-OH is 1. The number of allylic oxidation sites excluding steroid dienone is 6. The summed E-state index contributed by atoms with van der Waals surface area (Å²) in [5, 5.41) is 23.7. The molecule has 1 spiro atoms. The van der Waals surface area contributed by atoms with E-state index >= 15 is 0 Å². The van der Waals surface area contributed by atoms with E-state index in [-0.39, 0.29) is 60.3 Å². The summed E-state index contributed by atoms with van der Waals surface area (Å²) in [6.45, 7) is 14.0. The molecule has 2 saturated heterocycles. The topological polar surface area (TPSA) is 201 Å². The van der Waals surface area contributed by atoms with Gasteiger partial charge in [-0.2, -0.15) is 0 Å². The van der Waals surface area contributed by atoms with E-state index in [1.165, 1.54) is 12.0 Å². The number of amides is 1. The lowest BCUT2D eigenvalue weighted by Gasteiger charge is -2.43. The first-order chi connectivity index (χ1) is 32.3. The maximum absolute atomic E-state index is 14.7. The predicted molar refractivity (Wildman–Crippen MR) is 259 cm³/mol. The van der Waals surface area contributed by atoms with Crippen molar-refractivity contribution in [3.8, 4) is 0 Å². The number of rotatable bonds is 9. The van der Waals surface area contributed by atoms with Crippen molar-refractivity contribution in [3.63, 3.8) is 0 Å². The maximum Gasteiger partial charge on any atom is 0.296 e. The van der Waals surface area contributed by atoms with Gasteiger partial charge >= 0.3 is 0 Å². The van der Waals surface area contributed by atoms with Crippen LogP contribution in [0.4, 0.5) is 0 Å². The van der Waals surface area contributed by atoms with Crippen LogP contribution in [0, 0.1) is 47.3 Å². The van der Waals surface area contributed by atoms with Crippen LogP contribution in [-0.2, 0) is 47.7 Å². The number of carbonyl (C=O) groups is 5. The Bertz CT molecular complexity index is 1890. The molecule has 4 N–H and O–H groups in total. The fraction of sp³-hybridized carbons (Fsp3) is 0.759. The van der Waals surface area contributed by atoms with Crippen molar-refractivity contribution in [1.82, 2.24) is 4.90 Å². The number of ether oxygens (including phenoxy) is 5. The molecule has 2 saturated carbocycles. The number of methoxy groups -OCH3 is 3. The van der Waals surface area contributed by atoms with Crippen molar-refractivity contribution in [1.29, 1.82) is 0 Å². The highest BCUT2D eigenvalue weighted by molar-refractivity contribution is 6.40. The Morgan fingerprint density at radius 2 is 1.62 bits per heavy atom. The van der Waals surface area contributed by atoms with Crippen LogP contribution in [0.2, 0.25) is 0 Å². The average Bonchev–Trinajstić information content (AvgIpc) is 3.89. The van der Waals surface area contributed by atoms with Gasteiger partial charge < -0.3 is 44.5 Å². The minimum absolute atomic E-state index is 0.0174. The van der Waals surface area contributed by atoms with Crippen molar-refractivity contribution < 1.29 is 57.9 Å². The highest BCUT2D eigenvalue weighted by Crippen LogP contribution is 2.57. The fourth-order valence-electron chi connectivity index (χ4n) is 12.0. The Morgan fingerprint density at radius 3 is 2.29 bits per heavy atom. The van der Waals surface area contributed by atoms with Gasteiger partial charge in [0.25, 0.3) is 11.7 Å². The Hall–Kier alpha value is -3.21. The van der Waals surface area contributed by atoms with Crippen molar-refractivity contribution in [2.45, 2.75) is 173 Å². The molecule has 1 amide bonds.